The highest BCUT2D eigenvalue weighted by atomic mass is 14.2. The maximum atomic E-state index is 2.63. The Kier molecular flexibility index (Phi) is 31.1. The number of benzene rings is 1. The average molecular weight is 624 g/mol. The van der Waals surface area contributed by atoms with E-state index in [0.717, 1.165) is 6.42 Å². The number of hydrogen-bond acceptors (Lipinski definition) is 0. The Hall–Kier alpha value is -0.780. The van der Waals surface area contributed by atoms with Crippen molar-refractivity contribution in [3.8, 4) is 0 Å². The molecule has 0 bridgehead atoms. The molecule has 0 aliphatic rings. The highest BCUT2D eigenvalue weighted by Crippen LogP contribution is 2.26. The van der Waals surface area contributed by atoms with Crippen LogP contribution < -0.4 is 0 Å². The Morgan fingerprint density at radius 3 is 0.911 bits per heavy atom. The minimum atomic E-state index is 1.13. The minimum absolute atomic E-state index is 1.13. The molecule has 0 atom stereocenters. The van der Waals surface area contributed by atoms with E-state index in [1.54, 1.807) is 22.3 Å². The number of aryl methyl sites for hydroxylation is 2. The molecule has 0 fully saturated rings. The highest BCUT2D eigenvalue weighted by Gasteiger charge is 2.12. The molecule has 1 aromatic rings. The summed E-state index contributed by atoms with van der Waals surface area (Å²) in [6, 6.07) is 5.25. The van der Waals surface area contributed by atoms with Crippen LogP contribution in [0.2, 0.25) is 0 Å². The molecule has 263 valence electrons. The maximum Gasteiger partial charge on any atom is -0.0250 e. The predicted molar refractivity (Wildman–Crippen MR) is 207 cm³/mol. The molecular formula is C45H83. The van der Waals surface area contributed by atoms with Gasteiger partial charge in [-0.2, -0.15) is 0 Å². The van der Waals surface area contributed by atoms with Gasteiger partial charge in [-0.3, -0.25) is 0 Å². The molecule has 0 aliphatic heterocycles. The highest BCUT2D eigenvalue weighted by molar-refractivity contribution is 5.40. The van der Waals surface area contributed by atoms with E-state index in [9.17, 15) is 0 Å². The molecule has 0 amide bonds. The lowest BCUT2D eigenvalue weighted by atomic mass is 9.87. The summed E-state index contributed by atoms with van der Waals surface area (Å²) >= 11 is 0. The van der Waals surface area contributed by atoms with Crippen molar-refractivity contribution < 1.29 is 0 Å². The van der Waals surface area contributed by atoms with Crippen LogP contribution >= 0.6 is 0 Å². The van der Waals surface area contributed by atoms with Crippen molar-refractivity contribution in [2.45, 2.75) is 246 Å². The SMILES string of the molecule is C[CH]Cc1cc(CCCCCCCCCCCC)c(CCCCCCCCCCCC)c(CCCCCCCCCCCC)c1. The molecule has 0 spiro atoms. The third kappa shape index (κ3) is 25.0. The van der Waals surface area contributed by atoms with Gasteiger partial charge in [0.1, 0.15) is 0 Å². The van der Waals surface area contributed by atoms with E-state index in [1.165, 1.54) is 212 Å². The van der Waals surface area contributed by atoms with Crippen LogP contribution in [-0.4, -0.2) is 0 Å². The first-order valence-electron chi connectivity index (χ1n) is 21.2. The Balaban J connectivity index is 2.63. The van der Waals surface area contributed by atoms with Crippen LogP contribution in [0.15, 0.2) is 12.1 Å². The molecule has 0 heteroatoms. The summed E-state index contributed by atoms with van der Waals surface area (Å²) in [5.74, 6) is 0. The average Bonchev–Trinajstić information content (AvgIpc) is 3.04. The minimum Gasteiger partial charge on any atom is -0.0654 e. The number of unbranched alkanes of at least 4 members (excludes halogenated alkanes) is 27. The van der Waals surface area contributed by atoms with E-state index in [4.69, 9.17) is 0 Å². The summed E-state index contributed by atoms with van der Waals surface area (Å²) in [6.07, 6.45) is 50.4. The van der Waals surface area contributed by atoms with Crippen molar-refractivity contribution in [1.29, 1.82) is 0 Å². The zero-order chi connectivity index (χ0) is 32.5. The van der Waals surface area contributed by atoms with E-state index in [-0.39, 0.29) is 0 Å². The lowest BCUT2D eigenvalue weighted by Gasteiger charge is -2.18. The third-order valence-corrected chi connectivity index (χ3v) is 10.3. The van der Waals surface area contributed by atoms with Crippen molar-refractivity contribution in [3.05, 3.63) is 40.8 Å². The fourth-order valence-corrected chi connectivity index (χ4v) is 7.39. The fraction of sp³-hybridized carbons (Fsp3) is 0.844. The second kappa shape index (κ2) is 33.1. The lowest BCUT2D eigenvalue weighted by molar-refractivity contribution is 0.551. The fourth-order valence-electron chi connectivity index (χ4n) is 7.39. The normalized spacial score (nSPS) is 11.6. The first-order chi connectivity index (χ1) is 22.3. The molecule has 0 heterocycles. The van der Waals surface area contributed by atoms with Crippen LogP contribution in [0.5, 0.6) is 0 Å². The van der Waals surface area contributed by atoms with Crippen molar-refractivity contribution in [3.63, 3.8) is 0 Å². The second-order valence-electron chi connectivity index (χ2n) is 14.8. The van der Waals surface area contributed by atoms with Gasteiger partial charge in [0.15, 0.2) is 0 Å². The van der Waals surface area contributed by atoms with Gasteiger partial charge in [-0.05, 0) is 73.6 Å². The Morgan fingerprint density at radius 1 is 0.356 bits per heavy atom. The van der Waals surface area contributed by atoms with Gasteiger partial charge >= 0.3 is 0 Å². The molecule has 1 aromatic carbocycles. The number of rotatable bonds is 35. The van der Waals surface area contributed by atoms with Gasteiger partial charge in [-0.1, -0.05) is 213 Å². The van der Waals surface area contributed by atoms with Crippen LogP contribution in [0, 0.1) is 6.42 Å². The van der Waals surface area contributed by atoms with Crippen molar-refractivity contribution in [2.75, 3.05) is 0 Å². The first-order valence-corrected chi connectivity index (χ1v) is 21.2. The van der Waals surface area contributed by atoms with Gasteiger partial charge in [0.2, 0.25) is 0 Å². The summed E-state index contributed by atoms with van der Waals surface area (Å²) in [5.41, 5.74) is 6.81. The van der Waals surface area contributed by atoms with Crippen molar-refractivity contribution >= 4 is 0 Å². The van der Waals surface area contributed by atoms with E-state index in [0.29, 0.717) is 0 Å². The largest absolute Gasteiger partial charge is 0.0654 e. The molecule has 0 unspecified atom stereocenters. The molecule has 0 aromatic heterocycles. The van der Waals surface area contributed by atoms with Gasteiger partial charge in [-0.25, -0.2) is 0 Å². The maximum absolute atomic E-state index is 2.63. The first kappa shape index (κ1) is 42.2. The smallest absolute Gasteiger partial charge is 0.0250 e. The molecule has 0 aliphatic carbocycles. The topological polar surface area (TPSA) is 0 Å². The molecule has 45 heavy (non-hydrogen) atoms. The zero-order valence-corrected chi connectivity index (χ0v) is 31.8. The molecule has 0 nitrogen and oxygen atoms in total. The van der Waals surface area contributed by atoms with E-state index < -0.39 is 0 Å². The van der Waals surface area contributed by atoms with Gasteiger partial charge in [0.05, 0.1) is 0 Å². The summed E-state index contributed by atoms with van der Waals surface area (Å²) in [4.78, 5) is 0. The van der Waals surface area contributed by atoms with Crippen LogP contribution in [0.25, 0.3) is 0 Å². The van der Waals surface area contributed by atoms with Crippen LogP contribution in [0.1, 0.15) is 243 Å². The molecule has 0 N–H and O–H groups in total. The summed E-state index contributed by atoms with van der Waals surface area (Å²) in [6.45, 7) is 9.20. The molecule has 0 saturated heterocycles. The quantitative estimate of drug-likeness (QED) is 0.0660. The summed E-state index contributed by atoms with van der Waals surface area (Å²) in [5, 5.41) is 0. The van der Waals surface area contributed by atoms with Crippen LogP contribution in [0.4, 0.5) is 0 Å². The van der Waals surface area contributed by atoms with Crippen LogP contribution in [-0.2, 0) is 25.7 Å². The van der Waals surface area contributed by atoms with Gasteiger partial charge in [0, 0.05) is 0 Å². The summed E-state index contributed by atoms with van der Waals surface area (Å²) in [7, 11) is 0. The predicted octanol–water partition coefficient (Wildman–Crippen LogP) is 15.8. The Bertz CT molecular complexity index is 685. The monoisotopic (exact) mass is 624 g/mol. The van der Waals surface area contributed by atoms with Crippen LogP contribution in [0.3, 0.4) is 0 Å². The lowest BCUT2D eigenvalue weighted by Crippen LogP contribution is -2.05. The van der Waals surface area contributed by atoms with E-state index in [1.807, 2.05) is 0 Å². The molecule has 1 radical (unpaired) electrons. The Morgan fingerprint density at radius 2 is 0.622 bits per heavy atom. The third-order valence-electron chi connectivity index (χ3n) is 10.3. The van der Waals surface area contributed by atoms with Crippen molar-refractivity contribution in [1.82, 2.24) is 0 Å². The van der Waals surface area contributed by atoms with Gasteiger partial charge < -0.3 is 0 Å². The van der Waals surface area contributed by atoms with E-state index in [2.05, 4.69) is 46.2 Å². The molecular weight excluding hydrogens is 540 g/mol. The van der Waals surface area contributed by atoms with Gasteiger partial charge in [-0.15, -0.1) is 0 Å². The second-order valence-corrected chi connectivity index (χ2v) is 14.8. The standard InChI is InChI=1S/C45H83/c1-5-9-12-15-18-21-24-27-30-33-37-43-40-42(36-8-4)41-44(38-34-31-28-25-22-19-16-13-10-6-2)45(43)39-35-32-29-26-23-20-17-14-11-7-3/h8,40-41H,5-7,9-39H2,1-4H3. The van der Waals surface area contributed by atoms with Gasteiger partial charge in [0.25, 0.3) is 0 Å². The number of hydrogen-bond donors (Lipinski definition) is 0. The zero-order valence-electron chi connectivity index (χ0n) is 31.8. The molecule has 1 rings (SSSR count). The Labute approximate surface area is 286 Å². The summed E-state index contributed by atoms with van der Waals surface area (Å²) < 4.78 is 0. The van der Waals surface area contributed by atoms with Crippen molar-refractivity contribution in [2.24, 2.45) is 0 Å². The van der Waals surface area contributed by atoms with E-state index >= 15 is 0 Å². The molecule has 0 saturated carbocycles.